The van der Waals surface area contributed by atoms with Crippen molar-refractivity contribution in [3.63, 3.8) is 0 Å². The van der Waals surface area contributed by atoms with Gasteiger partial charge in [0, 0.05) is 11.6 Å². The summed E-state index contributed by atoms with van der Waals surface area (Å²) in [6.45, 7) is 4.31. The van der Waals surface area contributed by atoms with Crippen molar-refractivity contribution in [3.05, 3.63) is 22.4 Å². The van der Waals surface area contributed by atoms with E-state index < -0.39 is 0 Å². The molecule has 1 fully saturated rings. The second-order valence-corrected chi connectivity index (χ2v) is 5.83. The van der Waals surface area contributed by atoms with Gasteiger partial charge in [0.05, 0.1) is 15.8 Å². The highest BCUT2D eigenvalue weighted by molar-refractivity contribution is 9.10. The lowest BCUT2D eigenvalue weighted by Crippen LogP contribution is -2.33. The van der Waals surface area contributed by atoms with Gasteiger partial charge in [-0.3, -0.25) is 0 Å². The van der Waals surface area contributed by atoms with Crippen LogP contribution in [0, 0.1) is 11.7 Å². The highest BCUT2D eigenvalue weighted by Gasteiger charge is 2.37. The Morgan fingerprint density at radius 2 is 2.06 bits per heavy atom. The molecule has 0 bridgehead atoms. The lowest BCUT2D eigenvalue weighted by atomic mass is 9.98. The fourth-order valence-corrected chi connectivity index (χ4v) is 2.27. The van der Waals surface area contributed by atoms with Gasteiger partial charge in [-0.25, -0.2) is 4.39 Å². The van der Waals surface area contributed by atoms with Gasteiger partial charge in [0.15, 0.2) is 0 Å². The maximum absolute atomic E-state index is 13.2. The van der Waals surface area contributed by atoms with Crippen LogP contribution >= 0.6 is 15.9 Å². The maximum Gasteiger partial charge on any atom is 0.139 e. The zero-order valence-electron chi connectivity index (χ0n) is 9.48. The van der Waals surface area contributed by atoms with Crippen LogP contribution in [0.5, 0.6) is 0 Å². The van der Waals surface area contributed by atoms with Gasteiger partial charge < -0.3 is 11.1 Å². The SMILES string of the molecule is CC(C)(Nc1cc(Br)c(F)cc1N)C1CC1. The molecule has 88 valence electrons. The van der Waals surface area contributed by atoms with E-state index >= 15 is 0 Å². The highest BCUT2D eigenvalue weighted by atomic mass is 79.9. The molecule has 0 aliphatic heterocycles. The maximum atomic E-state index is 13.2. The predicted molar refractivity (Wildman–Crippen MR) is 68.9 cm³/mol. The second-order valence-electron chi connectivity index (χ2n) is 4.97. The van der Waals surface area contributed by atoms with Gasteiger partial charge >= 0.3 is 0 Å². The number of nitrogen functional groups attached to an aromatic ring is 1. The van der Waals surface area contributed by atoms with Crippen LogP contribution < -0.4 is 11.1 Å². The monoisotopic (exact) mass is 286 g/mol. The fraction of sp³-hybridized carbons (Fsp3) is 0.500. The zero-order valence-corrected chi connectivity index (χ0v) is 11.1. The van der Waals surface area contributed by atoms with Crippen molar-refractivity contribution in [2.75, 3.05) is 11.1 Å². The van der Waals surface area contributed by atoms with Crippen molar-refractivity contribution in [2.24, 2.45) is 5.92 Å². The number of hydrogen-bond donors (Lipinski definition) is 2. The Balaban J connectivity index is 2.23. The van der Waals surface area contributed by atoms with E-state index in [1.807, 2.05) is 0 Å². The number of anilines is 2. The standard InChI is InChI=1S/C12H16BrFN2/c1-12(2,7-3-4-7)16-11-5-8(13)9(14)6-10(11)15/h5-7,16H,3-4,15H2,1-2H3. The number of nitrogens with two attached hydrogens (primary N) is 1. The van der Waals surface area contributed by atoms with Crippen LogP contribution in [-0.2, 0) is 0 Å². The first kappa shape index (κ1) is 11.7. The summed E-state index contributed by atoms with van der Waals surface area (Å²) >= 11 is 3.17. The number of rotatable bonds is 3. The molecule has 0 saturated heterocycles. The van der Waals surface area contributed by atoms with E-state index in [2.05, 4.69) is 35.1 Å². The van der Waals surface area contributed by atoms with Crippen molar-refractivity contribution in [3.8, 4) is 0 Å². The molecule has 3 N–H and O–H groups in total. The molecule has 16 heavy (non-hydrogen) atoms. The largest absolute Gasteiger partial charge is 0.397 e. The molecule has 1 aromatic rings. The van der Waals surface area contributed by atoms with Crippen LogP contribution in [0.1, 0.15) is 26.7 Å². The topological polar surface area (TPSA) is 38.0 Å². The molecule has 1 saturated carbocycles. The molecule has 1 aliphatic carbocycles. The third kappa shape index (κ3) is 2.32. The quantitative estimate of drug-likeness (QED) is 0.830. The van der Waals surface area contributed by atoms with Crippen LogP contribution in [0.15, 0.2) is 16.6 Å². The average Bonchev–Trinajstić information content (AvgIpc) is 2.96. The smallest absolute Gasteiger partial charge is 0.139 e. The van der Waals surface area contributed by atoms with Gasteiger partial charge in [0.1, 0.15) is 5.82 Å². The molecule has 0 unspecified atom stereocenters. The molecule has 4 heteroatoms. The first-order chi connectivity index (χ1) is 7.40. The van der Waals surface area contributed by atoms with Crippen molar-refractivity contribution >= 4 is 27.3 Å². The molecule has 1 aliphatic rings. The molecule has 0 atom stereocenters. The summed E-state index contributed by atoms with van der Waals surface area (Å²) in [5, 5.41) is 3.39. The van der Waals surface area contributed by atoms with E-state index in [-0.39, 0.29) is 11.4 Å². The number of hydrogen-bond acceptors (Lipinski definition) is 2. The van der Waals surface area contributed by atoms with Crippen molar-refractivity contribution in [1.82, 2.24) is 0 Å². The van der Waals surface area contributed by atoms with E-state index in [1.165, 1.54) is 18.9 Å². The summed E-state index contributed by atoms with van der Waals surface area (Å²) in [6.07, 6.45) is 2.50. The Hall–Kier alpha value is -0.770. The zero-order chi connectivity index (χ0) is 11.9. The van der Waals surface area contributed by atoms with E-state index in [0.717, 1.165) is 5.69 Å². The van der Waals surface area contributed by atoms with Gasteiger partial charge in [-0.1, -0.05) is 0 Å². The fourth-order valence-electron chi connectivity index (χ4n) is 1.92. The molecule has 0 heterocycles. The molecule has 0 aromatic heterocycles. The van der Waals surface area contributed by atoms with Crippen LogP contribution in [0.25, 0.3) is 0 Å². The summed E-state index contributed by atoms with van der Waals surface area (Å²) in [5.74, 6) is 0.364. The predicted octanol–water partition coefficient (Wildman–Crippen LogP) is 3.77. The number of nitrogens with one attached hydrogen (secondary N) is 1. The Labute approximate surface area is 104 Å². The number of benzene rings is 1. The first-order valence-electron chi connectivity index (χ1n) is 5.43. The Kier molecular flexibility index (Phi) is 2.86. The molecular weight excluding hydrogens is 271 g/mol. The minimum absolute atomic E-state index is 0.0192. The summed E-state index contributed by atoms with van der Waals surface area (Å²) in [6, 6.07) is 3.05. The van der Waals surface area contributed by atoms with E-state index in [4.69, 9.17) is 5.73 Å². The summed E-state index contributed by atoms with van der Waals surface area (Å²) < 4.78 is 13.6. The van der Waals surface area contributed by atoms with E-state index in [0.29, 0.717) is 16.1 Å². The summed E-state index contributed by atoms with van der Waals surface area (Å²) in [7, 11) is 0. The lowest BCUT2D eigenvalue weighted by Gasteiger charge is -2.28. The van der Waals surface area contributed by atoms with Crippen LogP contribution in [0.4, 0.5) is 15.8 Å². The van der Waals surface area contributed by atoms with Gasteiger partial charge in [-0.05, 0) is 54.6 Å². The molecule has 2 nitrogen and oxygen atoms in total. The average molecular weight is 287 g/mol. The first-order valence-corrected chi connectivity index (χ1v) is 6.22. The van der Waals surface area contributed by atoms with Crippen molar-refractivity contribution in [2.45, 2.75) is 32.2 Å². The minimum Gasteiger partial charge on any atom is -0.397 e. The minimum atomic E-state index is -0.327. The van der Waals surface area contributed by atoms with Crippen LogP contribution in [-0.4, -0.2) is 5.54 Å². The normalized spacial score (nSPS) is 16.2. The van der Waals surface area contributed by atoms with Crippen LogP contribution in [0.3, 0.4) is 0 Å². The van der Waals surface area contributed by atoms with Crippen molar-refractivity contribution in [1.29, 1.82) is 0 Å². The molecule has 0 radical (unpaired) electrons. The third-order valence-electron chi connectivity index (χ3n) is 3.15. The van der Waals surface area contributed by atoms with Crippen molar-refractivity contribution < 1.29 is 4.39 Å². The van der Waals surface area contributed by atoms with Gasteiger partial charge in [-0.2, -0.15) is 0 Å². The summed E-state index contributed by atoms with van der Waals surface area (Å²) in [4.78, 5) is 0. The third-order valence-corrected chi connectivity index (χ3v) is 3.75. The van der Waals surface area contributed by atoms with Gasteiger partial charge in [0.2, 0.25) is 0 Å². The Morgan fingerprint density at radius 1 is 1.44 bits per heavy atom. The molecular formula is C12H16BrFN2. The molecule has 0 spiro atoms. The number of halogens is 2. The Bertz CT molecular complexity index is 414. The van der Waals surface area contributed by atoms with Gasteiger partial charge in [-0.15, -0.1) is 0 Å². The molecule has 0 amide bonds. The Morgan fingerprint density at radius 3 is 2.62 bits per heavy atom. The molecule has 1 aromatic carbocycles. The highest BCUT2D eigenvalue weighted by Crippen LogP contribution is 2.42. The second kappa shape index (κ2) is 3.91. The summed E-state index contributed by atoms with van der Waals surface area (Å²) in [5.41, 5.74) is 7.06. The lowest BCUT2D eigenvalue weighted by molar-refractivity contribution is 0.494. The van der Waals surface area contributed by atoms with E-state index in [9.17, 15) is 4.39 Å². The van der Waals surface area contributed by atoms with Crippen LogP contribution in [0.2, 0.25) is 0 Å². The molecule has 2 rings (SSSR count). The van der Waals surface area contributed by atoms with Gasteiger partial charge in [0.25, 0.3) is 0 Å². The van der Waals surface area contributed by atoms with E-state index in [1.54, 1.807) is 6.07 Å².